The van der Waals surface area contributed by atoms with Crippen molar-refractivity contribution in [2.45, 2.75) is 6.92 Å². The number of hydrogen-bond donors (Lipinski definition) is 0. The lowest BCUT2D eigenvalue weighted by Crippen LogP contribution is -1.93. The van der Waals surface area contributed by atoms with Crippen molar-refractivity contribution in [2.24, 2.45) is 7.05 Å². The van der Waals surface area contributed by atoms with E-state index in [-0.39, 0.29) is 0 Å². The predicted octanol–water partition coefficient (Wildman–Crippen LogP) is 8.05. The third-order valence-corrected chi connectivity index (χ3v) is 7.69. The first-order valence-electron chi connectivity index (χ1n) is 12.6. The van der Waals surface area contributed by atoms with Crippen LogP contribution in [0.5, 0.6) is 0 Å². The summed E-state index contributed by atoms with van der Waals surface area (Å²) in [6.45, 7) is 2.17. The summed E-state index contributed by atoms with van der Waals surface area (Å²) in [7, 11) is 2.09. The number of fused-ring (bicyclic) bond motifs is 8. The summed E-state index contributed by atoms with van der Waals surface area (Å²) in [6, 6.07) is 39.4. The number of aryl methyl sites for hydroxylation is 2. The second kappa shape index (κ2) is 7.34. The molecule has 0 aliphatic heterocycles. The number of para-hydroxylation sites is 3. The maximum Gasteiger partial charge on any atom is 0.215 e. The molecule has 0 spiro atoms. The van der Waals surface area contributed by atoms with Gasteiger partial charge in [0, 0.05) is 23.5 Å². The van der Waals surface area contributed by atoms with E-state index < -0.39 is 0 Å². The van der Waals surface area contributed by atoms with E-state index in [2.05, 4.69) is 131 Å². The minimum Gasteiger partial charge on any atom is -0.313 e. The van der Waals surface area contributed by atoms with Crippen LogP contribution in [-0.4, -0.2) is 18.5 Å². The van der Waals surface area contributed by atoms with Gasteiger partial charge in [0.05, 0.1) is 33.1 Å². The Morgan fingerprint density at radius 3 is 2.08 bits per heavy atom. The fourth-order valence-corrected chi connectivity index (χ4v) is 5.92. The van der Waals surface area contributed by atoms with Crippen molar-refractivity contribution >= 4 is 49.7 Å². The van der Waals surface area contributed by atoms with Gasteiger partial charge in [-0.25, -0.2) is 4.98 Å². The van der Waals surface area contributed by atoms with Gasteiger partial charge in [0.15, 0.2) is 0 Å². The average molecular weight is 477 g/mol. The Kier molecular flexibility index (Phi) is 4.04. The minimum absolute atomic E-state index is 0.963. The number of hydrogen-bond acceptors (Lipinski definition) is 1. The van der Waals surface area contributed by atoms with E-state index in [9.17, 15) is 0 Å². The van der Waals surface area contributed by atoms with Crippen LogP contribution in [0.1, 0.15) is 5.56 Å². The summed E-state index contributed by atoms with van der Waals surface area (Å²) in [5.41, 5.74) is 11.8. The first-order valence-corrected chi connectivity index (χ1v) is 12.6. The Morgan fingerprint density at radius 1 is 0.568 bits per heavy atom. The highest BCUT2D eigenvalue weighted by molar-refractivity contribution is 6.11. The predicted molar refractivity (Wildman–Crippen MR) is 154 cm³/mol. The molecule has 0 aliphatic rings. The molecule has 5 aromatic carbocycles. The van der Waals surface area contributed by atoms with E-state index in [0.29, 0.717) is 0 Å². The summed E-state index contributed by atoms with van der Waals surface area (Å²) in [5.74, 6) is 0.963. The van der Waals surface area contributed by atoms with Gasteiger partial charge in [-0.05, 0) is 78.7 Å². The Labute approximate surface area is 213 Å². The molecule has 4 heteroatoms. The lowest BCUT2D eigenvalue weighted by molar-refractivity contribution is 0.974. The minimum atomic E-state index is 0.963. The molecule has 0 radical (unpaired) electrons. The molecule has 8 rings (SSSR count). The van der Waals surface area contributed by atoms with Gasteiger partial charge in [-0.15, -0.1) is 0 Å². The second-order valence-electron chi connectivity index (χ2n) is 9.92. The van der Waals surface area contributed by atoms with E-state index in [1.54, 1.807) is 0 Å². The number of benzene rings is 5. The highest BCUT2D eigenvalue weighted by atomic mass is 15.2. The Hall–Kier alpha value is -4.83. The molecule has 0 atom stereocenters. The average Bonchev–Trinajstić information content (AvgIpc) is 3.56. The van der Waals surface area contributed by atoms with Crippen LogP contribution in [0.2, 0.25) is 0 Å². The largest absolute Gasteiger partial charge is 0.313 e. The van der Waals surface area contributed by atoms with Crippen molar-refractivity contribution < 1.29 is 0 Å². The summed E-state index contributed by atoms with van der Waals surface area (Å²) in [6.07, 6.45) is 0. The van der Waals surface area contributed by atoms with Crippen LogP contribution in [0.3, 0.4) is 0 Å². The van der Waals surface area contributed by atoms with E-state index in [1.807, 2.05) is 6.07 Å². The van der Waals surface area contributed by atoms with Crippen LogP contribution < -0.4 is 0 Å². The monoisotopic (exact) mass is 476 g/mol. The number of nitrogens with zero attached hydrogens (tertiary/aromatic N) is 4. The number of rotatable bonds is 2. The van der Waals surface area contributed by atoms with Gasteiger partial charge in [-0.2, -0.15) is 0 Å². The van der Waals surface area contributed by atoms with Gasteiger partial charge < -0.3 is 9.13 Å². The molecule has 0 unspecified atom stereocenters. The van der Waals surface area contributed by atoms with Crippen molar-refractivity contribution in [3.8, 4) is 16.8 Å². The van der Waals surface area contributed by atoms with E-state index in [4.69, 9.17) is 4.98 Å². The summed E-state index contributed by atoms with van der Waals surface area (Å²) < 4.78 is 6.82. The molecule has 0 bridgehead atoms. The van der Waals surface area contributed by atoms with Crippen molar-refractivity contribution in [1.29, 1.82) is 0 Å². The van der Waals surface area contributed by atoms with Gasteiger partial charge >= 0.3 is 0 Å². The molecule has 37 heavy (non-hydrogen) atoms. The second-order valence-corrected chi connectivity index (χ2v) is 9.92. The molecule has 0 amide bonds. The summed E-state index contributed by atoms with van der Waals surface area (Å²) in [5, 5.41) is 2.55. The Balaban J connectivity index is 1.40. The number of imidazole rings is 2. The van der Waals surface area contributed by atoms with Crippen LogP contribution >= 0.6 is 0 Å². The fraction of sp³-hybridized carbons (Fsp3) is 0.0606. The van der Waals surface area contributed by atoms with Crippen molar-refractivity contribution in [2.75, 3.05) is 0 Å². The normalized spacial score (nSPS) is 12.1. The smallest absolute Gasteiger partial charge is 0.215 e. The van der Waals surface area contributed by atoms with Crippen LogP contribution in [0.25, 0.3) is 66.5 Å². The third kappa shape index (κ3) is 2.81. The first kappa shape index (κ1) is 20.4. The van der Waals surface area contributed by atoms with Crippen LogP contribution in [0.15, 0.2) is 109 Å². The molecule has 4 nitrogen and oxygen atoms in total. The lowest BCUT2D eigenvalue weighted by atomic mass is 10.0. The van der Waals surface area contributed by atoms with Crippen LogP contribution in [0.4, 0.5) is 0 Å². The Morgan fingerprint density at radius 2 is 1.24 bits per heavy atom. The van der Waals surface area contributed by atoms with E-state index >= 15 is 0 Å². The number of aromatic nitrogens is 4. The lowest BCUT2D eigenvalue weighted by Gasteiger charge is -2.08. The molecular weight excluding hydrogens is 452 g/mol. The molecule has 3 aromatic heterocycles. The first-order chi connectivity index (χ1) is 18.2. The van der Waals surface area contributed by atoms with Gasteiger partial charge in [-0.1, -0.05) is 54.1 Å². The highest BCUT2D eigenvalue weighted by Crippen LogP contribution is 2.36. The third-order valence-electron chi connectivity index (χ3n) is 7.69. The van der Waals surface area contributed by atoms with Crippen molar-refractivity contribution in [3.63, 3.8) is 0 Å². The zero-order chi connectivity index (χ0) is 24.7. The maximum absolute atomic E-state index is 4.89. The SMILES string of the molecule is Cc1ccc2c(c1)c1cc(-c3ccc4c(c3)n3c5ccccc5nc3n4C)ccc1n2-c1ccccc1. The van der Waals surface area contributed by atoms with Gasteiger partial charge in [0.1, 0.15) is 0 Å². The fourth-order valence-electron chi connectivity index (χ4n) is 5.92. The van der Waals surface area contributed by atoms with Crippen LogP contribution in [-0.2, 0) is 7.05 Å². The molecule has 3 heterocycles. The maximum atomic E-state index is 4.89. The molecule has 0 N–H and O–H groups in total. The van der Waals surface area contributed by atoms with Crippen molar-refractivity contribution in [3.05, 3.63) is 115 Å². The standard InChI is InChI=1S/C33H24N4/c1-21-12-15-28-25(18-21)26-19-22(13-16-29(26)36(28)24-8-4-3-5-9-24)23-14-17-31-32(20-23)37-30-11-7-6-10-27(30)34-33(37)35(31)2/h3-20H,1-2H3. The quantitative estimate of drug-likeness (QED) is 0.248. The molecule has 0 aliphatic carbocycles. The molecule has 176 valence electrons. The van der Waals surface area contributed by atoms with E-state index in [0.717, 1.165) is 16.8 Å². The highest BCUT2D eigenvalue weighted by Gasteiger charge is 2.16. The van der Waals surface area contributed by atoms with E-state index in [1.165, 1.54) is 55.2 Å². The summed E-state index contributed by atoms with van der Waals surface area (Å²) in [4.78, 5) is 4.89. The zero-order valence-electron chi connectivity index (χ0n) is 20.7. The van der Waals surface area contributed by atoms with Crippen LogP contribution in [0, 0.1) is 6.92 Å². The molecular formula is C33H24N4. The van der Waals surface area contributed by atoms with Gasteiger partial charge in [0.25, 0.3) is 0 Å². The Bertz CT molecular complexity index is 2160. The van der Waals surface area contributed by atoms with Gasteiger partial charge in [0.2, 0.25) is 5.78 Å². The van der Waals surface area contributed by atoms with Crippen molar-refractivity contribution in [1.82, 2.24) is 18.5 Å². The molecule has 0 saturated heterocycles. The topological polar surface area (TPSA) is 27.2 Å². The molecule has 8 aromatic rings. The molecule has 0 fully saturated rings. The van der Waals surface area contributed by atoms with Gasteiger partial charge in [-0.3, -0.25) is 4.40 Å². The molecule has 0 saturated carbocycles. The summed E-state index contributed by atoms with van der Waals surface area (Å²) >= 11 is 0. The zero-order valence-corrected chi connectivity index (χ0v) is 20.7.